The van der Waals surface area contributed by atoms with Crippen molar-refractivity contribution in [3.63, 3.8) is 0 Å². The molecule has 9 fully saturated rings. The second kappa shape index (κ2) is 14.0. The Balaban J connectivity index is 1.07. The molecule has 9 rings (SSSR count). The van der Waals surface area contributed by atoms with Gasteiger partial charge in [-0.05, 0) is 43.4 Å². The van der Waals surface area contributed by atoms with Crippen LogP contribution in [0.4, 0.5) is 0 Å². The number of rotatable bonds is 4. The Bertz CT molecular complexity index is 1160. The Hall–Kier alpha value is -0.640. The van der Waals surface area contributed by atoms with Crippen LogP contribution in [0.25, 0.3) is 0 Å². The first-order valence-corrected chi connectivity index (χ1v) is 19.2. The summed E-state index contributed by atoms with van der Waals surface area (Å²) in [4.78, 5) is 1.52. The minimum atomic E-state index is 0.0657. The Kier molecular flexibility index (Phi) is 9.74. The van der Waals surface area contributed by atoms with E-state index in [2.05, 4.69) is 65.5 Å². The predicted molar refractivity (Wildman–Crippen MR) is 181 cm³/mol. The van der Waals surface area contributed by atoms with E-state index in [1.54, 1.807) is 0 Å². The average molecular weight is 692 g/mol. The topological polar surface area (TPSA) is 174 Å². The number of ether oxygens (including phenoxy) is 4. The van der Waals surface area contributed by atoms with Crippen LogP contribution in [-0.4, -0.2) is 136 Å². The Morgan fingerprint density at radius 3 is 1.04 bits per heavy atom. The van der Waals surface area contributed by atoms with E-state index in [4.69, 9.17) is 18.9 Å². The molecule has 12 N–H and O–H groups in total. The van der Waals surface area contributed by atoms with Gasteiger partial charge >= 0.3 is 0 Å². The van der Waals surface area contributed by atoms with E-state index < -0.39 is 0 Å². The number of fused-ring (bicyclic) bond motifs is 20. The maximum Gasteiger partial charge on any atom is 0.148 e. The summed E-state index contributed by atoms with van der Waals surface area (Å²) < 4.78 is 23.6. The summed E-state index contributed by atoms with van der Waals surface area (Å²) >= 11 is 0. The van der Waals surface area contributed by atoms with Gasteiger partial charge in [0, 0.05) is 84.2 Å². The highest BCUT2D eigenvalue weighted by Gasteiger charge is 2.59. The molecule has 0 aromatic heterocycles. The summed E-state index contributed by atoms with van der Waals surface area (Å²) in [7, 11) is 9.73. The van der Waals surface area contributed by atoms with Gasteiger partial charge in [0.05, 0.1) is 44.0 Å². The number of piperidine rings is 4. The Morgan fingerprint density at radius 2 is 0.653 bits per heavy atom. The van der Waals surface area contributed by atoms with Crippen molar-refractivity contribution in [1.82, 2.24) is 58.5 Å². The van der Waals surface area contributed by atoms with E-state index in [1.807, 2.05) is 28.4 Å². The number of hydrogen-bond acceptors (Lipinski definition) is 15. The van der Waals surface area contributed by atoms with Crippen LogP contribution < -0.4 is 63.4 Å². The third-order valence-corrected chi connectivity index (χ3v) is 14.5. The number of hydrogen-bond donors (Lipinski definition) is 12. The summed E-state index contributed by atoms with van der Waals surface area (Å²) in [6, 6.07) is 0. The molecule has 0 radical (unpaired) electrons. The van der Waals surface area contributed by atoms with Crippen molar-refractivity contribution < 1.29 is 23.8 Å². The van der Waals surface area contributed by atoms with Crippen LogP contribution in [0.5, 0.6) is 0 Å². The predicted octanol–water partition coefficient (Wildman–Crippen LogP) is -4.90. The highest BCUT2D eigenvalue weighted by molar-refractivity contribution is 5.08. The molecule has 9 heterocycles. The minimum Gasteiger partial charge on any atom is -0.367 e. The highest BCUT2D eigenvalue weighted by atomic mass is 16.5. The molecule has 21 atom stereocenters. The van der Waals surface area contributed by atoms with Crippen molar-refractivity contribution in [1.29, 1.82) is 0 Å². The fourth-order valence-corrected chi connectivity index (χ4v) is 11.9. The molecule has 9 saturated heterocycles. The molecule has 21 unspecified atom stereocenters. The van der Waals surface area contributed by atoms with Crippen molar-refractivity contribution in [2.45, 2.75) is 99.9 Å². The maximum atomic E-state index is 5.92. The molecular formula is C33H63N12O4+. The molecular weight excluding hydrogens is 628 g/mol. The fourth-order valence-electron chi connectivity index (χ4n) is 11.9. The summed E-state index contributed by atoms with van der Waals surface area (Å²) in [6.45, 7) is 3.70. The zero-order valence-corrected chi connectivity index (χ0v) is 29.8. The van der Waals surface area contributed by atoms with E-state index in [0.29, 0.717) is 47.3 Å². The molecule has 16 heteroatoms. The molecule has 278 valence electrons. The minimum absolute atomic E-state index is 0.0657. The molecule has 9 aliphatic heterocycles. The van der Waals surface area contributed by atoms with Crippen molar-refractivity contribution in [3.8, 4) is 0 Å². The SMILES string of the molecule is COC1CC2C3NC(NC4NC(NC5C6CC(OC)NCC6C(NC6NC(N3)C3CNC(OC)CC63)[NH+]5C)C3CNC(OC)CC43)C2CN1. The third kappa shape index (κ3) is 6.01. The fraction of sp³-hybridized carbons (Fsp3) is 1.00. The van der Waals surface area contributed by atoms with Crippen molar-refractivity contribution in [2.75, 3.05) is 61.7 Å². The number of quaternary nitrogens is 1. The molecule has 0 aliphatic carbocycles. The molecule has 0 aromatic carbocycles. The maximum absolute atomic E-state index is 5.92. The lowest BCUT2D eigenvalue weighted by molar-refractivity contribution is -0.927. The lowest BCUT2D eigenvalue weighted by atomic mass is 9.82. The van der Waals surface area contributed by atoms with Gasteiger partial charge < -0.3 is 23.8 Å². The standard InChI is InChI=1S/C33H62N12O4/c1-45-32-17-9-25(49-5)37-13-21(17)33(45)43-28-16-8-24(48-4)35-11-19(16)30(42-28)39-26-14-6-22(46-2)34-10-18(14)29(38-26)40-27-15-7-23(47-3)36-12-20(15)31(41-27)44-32/h14-44H,6-13H2,1-5H3/p+1. The van der Waals surface area contributed by atoms with E-state index in [1.165, 1.54) is 4.90 Å². The molecule has 9 aliphatic rings. The van der Waals surface area contributed by atoms with Gasteiger partial charge in [-0.15, -0.1) is 0 Å². The van der Waals surface area contributed by atoms with Gasteiger partial charge in [-0.2, -0.15) is 0 Å². The van der Waals surface area contributed by atoms with E-state index >= 15 is 0 Å². The van der Waals surface area contributed by atoms with Gasteiger partial charge in [0.15, 0.2) is 0 Å². The highest BCUT2D eigenvalue weighted by Crippen LogP contribution is 2.40. The van der Waals surface area contributed by atoms with Crippen LogP contribution in [0.2, 0.25) is 0 Å². The number of nitrogens with one attached hydrogen (secondary N) is 12. The van der Waals surface area contributed by atoms with Crippen LogP contribution in [-0.2, 0) is 18.9 Å². The van der Waals surface area contributed by atoms with Gasteiger partial charge in [0.1, 0.15) is 37.2 Å². The molecule has 0 aromatic rings. The smallest absolute Gasteiger partial charge is 0.148 e. The zero-order valence-electron chi connectivity index (χ0n) is 29.8. The van der Waals surface area contributed by atoms with E-state index in [9.17, 15) is 0 Å². The summed E-state index contributed by atoms with van der Waals surface area (Å²) in [5.74, 6) is 3.53. The van der Waals surface area contributed by atoms with Crippen molar-refractivity contribution >= 4 is 0 Å². The van der Waals surface area contributed by atoms with Gasteiger partial charge in [-0.25, -0.2) is 0 Å². The first-order chi connectivity index (χ1) is 24.0. The van der Waals surface area contributed by atoms with E-state index in [0.717, 1.165) is 51.9 Å². The van der Waals surface area contributed by atoms with Crippen LogP contribution in [0.3, 0.4) is 0 Å². The second-order valence-electron chi connectivity index (χ2n) is 16.5. The monoisotopic (exact) mass is 692 g/mol. The summed E-state index contributed by atoms with van der Waals surface area (Å²) in [5.41, 5.74) is 0. The largest absolute Gasteiger partial charge is 0.367 e. The lowest BCUT2D eigenvalue weighted by Gasteiger charge is -2.39. The van der Waals surface area contributed by atoms with Crippen LogP contribution in [0.15, 0.2) is 0 Å². The third-order valence-electron chi connectivity index (χ3n) is 14.5. The molecule has 0 saturated carbocycles. The summed E-state index contributed by atoms with van der Waals surface area (Å²) in [5, 5.41) is 44.0. The Morgan fingerprint density at radius 1 is 0.367 bits per heavy atom. The van der Waals surface area contributed by atoms with Gasteiger partial charge in [0.2, 0.25) is 0 Å². The molecule has 16 nitrogen and oxygen atoms in total. The molecule has 8 bridgehead atoms. The first-order valence-electron chi connectivity index (χ1n) is 19.2. The van der Waals surface area contributed by atoms with Crippen molar-refractivity contribution in [2.24, 2.45) is 47.3 Å². The van der Waals surface area contributed by atoms with Crippen LogP contribution >= 0.6 is 0 Å². The van der Waals surface area contributed by atoms with Gasteiger partial charge in [-0.1, -0.05) is 0 Å². The van der Waals surface area contributed by atoms with Crippen LogP contribution in [0, 0.1) is 47.3 Å². The molecule has 49 heavy (non-hydrogen) atoms. The van der Waals surface area contributed by atoms with Crippen molar-refractivity contribution in [3.05, 3.63) is 0 Å². The summed E-state index contributed by atoms with van der Waals surface area (Å²) in [6.07, 6.45) is 5.74. The first kappa shape index (κ1) is 34.1. The van der Waals surface area contributed by atoms with Gasteiger partial charge in [0.25, 0.3) is 0 Å². The number of methoxy groups -OCH3 is 4. The quantitative estimate of drug-likeness (QED) is 0.135. The lowest BCUT2D eigenvalue weighted by Crippen LogP contribution is -3.18. The second-order valence-corrected chi connectivity index (χ2v) is 16.5. The zero-order chi connectivity index (χ0) is 33.4. The normalized spacial score (nSPS) is 56.9. The Labute approximate surface area is 291 Å². The van der Waals surface area contributed by atoms with Gasteiger partial charge in [-0.3, -0.25) is 58.5 Å². The van der Waals surface area contributed by atoms with E-state index in [-0.39, 0.29) is 74.2 Å². The molecule has 0 amide bonds. The average Bonchev–Trinajstić information content (AvgIpc) is 3.84. The van der Waals surface area contributed by atoms with Crippen LogP contribution in [0.1, 0.15) is 25.7 Å². The molecule has 0 spiro atoms.